The summed E-state index contributed by atoms with van der Waals surface area (Å²) in [5, 5.41) is 3.56. The van der Waals surface area contributed by atoms with E-state index in [1.54, 1.807) is 6.07 Å². The van der Waals surface area contributed by atoms with Crippen LogP contribution >= 0.6 is 11.6 Å². The van der Waals surface area contributed by atoms with Crippen LogP contribution in [0.15, 0.2) is 12.3 Å². The number of hydrogen-bond acceptors (Lipinski definition) is 4. The fourth-order valence-electron chi connectivity index (χ4n) is 1.74. The summed E-state index contributed by atoms with van der Waals surface area (Å²) in [4.78, 5) is 15.8. The highest BCUT2D eigenvalue weighted by Crippen LogP contribution is 2.19. The Morgan fingerprint density at radius 3 is 3.13 bits per heavy atom. The number of anilines is 1. The second kappa shape index (κ2) is 4.16. The number of carbonyl (C=O) groups excluding carboxylic acids is 1. The summed E-state index contributed by atoms with van der Waals surface area (Å²) in [5.41, 5.74) is 6.06. The minimum absolute atomic E-state index is 0.0139. The van der Waals surface area contributed by atoms with Gasteiger partial charge in [-0.1, -0.05) is 11.6 Å². The van der Waals surface area contributed by atoms with Crippen LogP contribution in [-0.2, 0) is 0 Å². The molecule has 5 heteroatoms. The molecule has 2 heterocycles. The Kier molecular flexibility index (Phi) is 2.88. The van der Waals surface area contributed by atoms with E-state index in [9.17, 15) is 4.79 Å². The molecule has 0 spiro atoms. The van der Waals surface area contributed by atoms with E-state index in [2.05, 4.69) is 10.3 Å². The van der Waals surface area contributed by atoms with Crippen LogP contribution in [0.25, 0.3) is 0 Å². The van der Waals surface area contributed by atoms with Crippen molar-refractivity contribution in [1.82, 2.24) is 10.3 Å². The lowest BCUT2D eigenvalue weighted by Crippen LogP contribution is -2.31. The number of nitrogens with two attached hydrogens (primary N) is 1. The predicted molar refractivity (Wildman–Crippen MR) is 59.0 cm³/mol. The first-order valence-corrected chi connectivity index (χ1v) is 5.25. The van der Waals surface area contributed by atoms with Crippen molar-refractivity contribution in [2.75, 3.05) is 12.3 Å². The van der Waals surface area contributed by atoms with Crippen molar-refractivity contribution < 1.29 is 4.79 Å². The summed E-state index contributed by atoms with van der Waals surface area (Å²) in [7, 11) is 0. The molecular formula is C10H12ClN3O. The van der Waals surface area contributed by atoms with E-state index < -0.39 is 0 Å². The maximum absolute atomic E-state index is 12.0. The Balaban J connectivity index is 2.27. The van der Waals surface area contributed by atoms with Crippen LogP contribution in [0.2, 0.25) is 5.02 Å². The standard InChI is InChI=1S/C10H12ClN3O/c11-6-4-7(10(12)14-5-6)9(15)8-2-1-3-13-8/h4-5,8,13H,1-3H2,(H2,12,14). The topological polar surface area (TPSA) is 68.0 Å². The lowest BCUT2D eigenvalue weighted by Gasteiger charge is -2.10. The van der Waals surface area contributed by atoms with Crippen molar-refractivity contribution >= 4 is 23.2 Å². The van der Waals surface area contributed by atoms with Gasteiger partial charge in [0.25, 0.3) is 0 Å². The lowest BCUT2D eigenvalue weighted by molar-refractivity contribution is 0.0953. The molecule has 0 amide bonds. The number of nitrogens with one attached hydrogen (secondary N) is 1. The zero-order valence-corrected chi connectivity index (χ0v) is 8.92. The summed E-state index contributed by atoms with van der Waals surface area (Å²) in [6.45, 7) is 0.879. The van der Waals surface area contributed by atoms with E-state index in [1.807, 2.05) is 0 Å². The number of hydrogen-bond donors (Lipinski definition) is 2. The van der Waals surface area contributed by atoms with E-state index >= 15 is 0 Å². The maximum atomic E-state index is 12.0. The van der Waals surface area contributed by atoms with E-state index in [0.717, 1.165) is 19.4 Å². The molecule has 1 aromatic rings. The van der Waals surface area contributed by atoms with Gasteiger partial charge in [0.05, 0.1) is 16.6 Å². The third-order valence-electron chi connectivity index (χ3n) is 2.53. The minimum Gasteiger partial charge on any atom is -0.383 e. The third kappa shape index (κ3) is 2.11. The number of pyridine rings is 1. The van der Waals surface area contributed by atoms with Crippen molar-refractivity contribution in [3.05, 3.63) is 22.8 Å². The third-order valence-corrected chi connectivity index (χ3v) is 2.73. The maximum Gasteiger partial charge on any atom is 0.183 e. The van der Waals surface area contributed by atoms with Crippen molar-refractivity contribution in [2.45, 2.75) is 18.9 Å². The molecule has 3 N–H and O–H groups in total. The van der Waals surface area contributed by atoms with Gasteiger partial charge in [0.1, 0.15) is 5.82 Å². The van der Waals surface area contributed by atoms with E-state index in [0.29, 0.717) is 10.6 Å². The molecule has 15 heavy (non-hydrogen) atoms. The molecule has 0 radical (unpaired) electrons. The fourth-order valence-corrected chi connectivity index (χ4v) is 1.90. The summed E-state index contributed by atoms with van der Waals surface area (Å²) >= 11 is 5.78. The smallest absolute Gasteiger partial charge is 0.183 e. The summed E-state index contributed by atoms with van der Waals surface area (Å²) in [5.74, 6) is 0.234. The molecule has 0 saturated carbocycles. The Labute approximate surface area is 92.8 Å². The molecule has 1 aromatic heterocycles. The van der Waals surface area contributed by atoms with Gasteiger partial charge in [-0.15, -0.1) is 0 Å². The molecule has 80 valence electrons. The lowest BCUT2D eigenvalue weighted by atomic mass is 10.0. The molecule has 1 unspecified atom stereocenters. The fraction of sp³-hybridized carbons (Fsp3) is 0.400. The molecule has 0 aliphatic carbocycles. The predicted octanol–water partition coefficient (Wildman–Crippen LogP) is 1.25. The number of nitrogen functional groups attached to an aromatic ring is 1. The second-order valence-electron chi connectivity index (χ2n) is 3.60. The van der Waals surface area contributed by atoms with Crippen molar-refractivity contribution in [3.8, 4) is 0 Å². The number of aromatic nitrogens is 1. The van der Waals surface area contributed by atoms with Gasteiger partial charge in [-0.2, -0.15) is 0 Å². The van der Waals surface area contributed by atoms with Gasteiger partial charge < -0.3 is 11.1 Å². The van der Waals surface area contributed by atoms with Crippen LogP contribution in [0.3, 0.4) is 0 Å². The molecule has 1 aliphatic heterocycles. The van der Waals surface area contributed by atoms with Gasteiger partial charge in [0.2, 0.25) is 0 Å². The van der Waals surface area contributed by atoms with Crippen LogP contribution in [-0.4, -0.2) is 23.4 Å². The molecule has 4 nitrogen and oxygen atoms in total. The van der Waals surface area contributed by atoms with Crippen LogP contribution in [0.4, 0.5) is 5.82 Å². The first-order chi connectivity index (χ1) is 7.18. The zero-order valence-electron chi connectivity index (χ0n) is 8.16. The summed E-state index contributed by atoms with van der Waals surface area (Å²) in [6.07, 6.45) is 3.31. The van der Waals surface area contributed by atoms with Crippen LogP contribution in [0, 0.1) is 0 Å². The Hall–Kier alpha value is -1.13. The number of ketones is 1. The highest BCUT2D eigenvalue weighted by molar-refractivity contribution is 6.31. The van der Waals surface area contributed by atoms with Gasteiger partial charge >= 0.3 is 0 Å². The number of Topliss-reactive ketones (excluding diaryl/α,β-unsaturated/α-hetero) is 1. The highest BCUT2D eigenvalue weighted by atomic mass is 35.5. The normalized spacial score (nSPS) is 20.5. The molecule has 1 aliphatic rings. The number of carbonyl (C=O) groups is 1. The summed E-state index contributed by atoms with van der Waals surface area (Å²) in [6, 6.07) is 1.44. The largest absolute Gasteiger partial charge is 0.383 e. The highest BCUT2D eigenvalue weighted by Gasteiger charge is 2.25. The van der Waals surface area contributed by atoms with E-state index in [-0.39, 0.29) is 17.6 Å². The van der Waals surface area contributed by atoms with E-state index in [1.165, 1.54) is 6.20 Å². The Morgan fingerprint density at radius 1 is 1.67 bits per heavy atom. The Bertz CT molecular complexity index is 388. The van der Waals surface area contributed by atoms with Gasteiger partial charge in [-0.05, 0) is 25.5 Å². The molecule has 0 aromatic carbocycles. The van der Waals surface area contributed by atoms with E-state index in [4.69, 9.17) is 17.3 Å². The van der Waals surface area contributed by atoms with Gasteiger partial charge in [0, 0.05) is 6.20 Å². The monoisotopic (exact) mass is 225 g/mol. The second-order valence-corrected chi connectivity index (χ2v) is 4.04. The zero-order chi connectivity index (χ0) is 10.8. The van der Waals surface area contributed by atoms with Gasteiger partial charge in [-0.3, -0.25) is 4.79 Å². The number of halogens is 1. The van der Waals surface area contributed by atoms with Crippen LogP contribution < -0.4 is 11.1 Å². The molecule has 0 bridgehead atoms. The average molecular weight is 226 g/mol. The average Bonchev–Trinajstić information content (AvgIpc) is 2.74. The van der Waals surface area contributed by atoms with Crippen LogP contribution in [0.5, 0.6) is 0 Å². The molecular weight excluding hydrogens is 214 g/mol. The quantitative estimate of drug-likeness (QED) is 0.744. The van der Waals surface area contributed by atoms with Crippen molar-refractivity contribution in [3.63, 3.8) is 0 Å². The van der Waals surface area contributed by atoms with Crippen molar-refractivity contribution in [2.24, 2.45) is 0 Å². The van der Waals surface area contributed by atoms with Gasteiger partial charge in [0.15, 0.2) is 5.78 Å². The first kappa shape index (κ1) is 10.4. The number of nitrogens with zero attached hydrogens (tertiary/aromatic N) is 1. The molecule has 2 rings (SSSR count). The summed E-state index contributed by atoms with van der Waals surface area (Å²) < 4.78 is 0. The minimum atomic E-state index is -0.132. The molecule has 1 atom stereocenters. The number of rotatable bonds is 2. The Morgan fingerprint density at radius 2 is 2.47 bits per heavy atom. The van der Waals surface area contributed by atoms with Gasteiger partial charge in [-0.25, -0.2) is 4.98 Å². The van der Waals surface area contributed by atoms with Crippen molar-refractivity contribution in [1.29, 1.82) is 0 Å². The SMILES string of the molecule is Nc1ncc(Cl)cc1C(=O)C1CCCN1. The molecule has 1 saturated heterocycles. The van der Waals surface area contributed by atoms with Crippen LogP contribution in [0.1, 0.15) is 23.2 Å². The molecule has 1 fully saturated rings. The first-order valence-electron chi connectivity index (χ1n) is 4.87.